The summed E-state index contributed by atoms with van der Waals surface area (Å²) in [7, 11) is 1.70. The molecule has 0 atom stereocenters. The first-order valence-corrected chi connectivity index (χ1v) is 6.50. The number of aromatic nitrogens is 1. The highest BCUT2D eigenvalue weighted by atomic mass is 79.9. The van der Waals surface area contributed by atoms with E-state index in [4.69, 9.17) is 16.3 Å². The Kier molecular flexibility index (Phi) is 6.09. The molecule has 0 aromatic carbocycles. The average Bonchev–Trinajstić information content (AvgIpc) is 2.31. The molecule has 0 radical (unpaired) electrons. The third-order valence-corrected chi connectivity index (χ3v) is 3.02. The van der Waals surface area contributed by atoms with Gasteiger partial charge in [-0.25, -0.2) is 4.98 Å². The van der Waals surface area contributed by atoms with E-state index in [2.05, 4.69) is 32.7 Å². The van der Waals surface area contributed by atoms with E-state index in [1.54, 1.807) is 13.3 Å². The van der Waals surface area contributed by atoms with Gasteiger partial charge in [-0.3, -0.25) is 0 Å². The second-order valence-electron chi connectivity index (χ2n) is 3.34. The molecule has 0 aliphatic rings. The van der Waals surface area contributed by atoms with E-state index in [9.17, 15) is 0 Å². The minimum absolute atomic E-state index is 0.464. The van der Waals surface area contributed by atoms with Crippen LogP contribution in [0, 0.1) is 0 Å². The Hall–Kier alpha value is -0.320. The van der Waals surface area contributed by atoms with Crippen molar-refractivity contribution >= 4 is 33.3 Å². The second kappa shape index (κ2) is 7.09. The van der Waals surface area contributed by atoms with E-state index >= 15 is 0 Å². The number of hydrogen-bond acceptors (Lipinski definition) is 3. The lowest BCUT2D eigenvalue weighted by Gasteiger charge is -2.23. The maximum Gasteiger partial charge on any atom is 0.133 e. The second-order valence-corrected chi connectivity index (χ2v) is 4.53. The van der Waals surface area contributed by atoms with E-state index in [0.29, 0.717) is 12.5 Å². The summed E-state index contributed by atoms with van der Waals surface area (Å²) in [6.07, 6.45) is 1.79. The highest BCUT2D eigenvalue weighted by molar-refractivity contribution is 9.10. The van der Waals surface area contributed by atoms with Crippen molar-refractivity contribution in [3.05, 3.63) is 22.3 Å². The van der Waals surface area contributed by atoms with Crippen LogP contribution in [-0.2, 0) is 10.6 Å². The molecular weight excluding hydrogens is 291 g/mol. The molecule has 1 aromatic heterocycles. The van der Waals surface area contributed by atoms with Crippen molar-refractivity contribution in [2.45, 2.75) is 12.8 Å². The van der Waals surface area contributed by atoms with E-state index in [1.165, 1.54) is 0 Å². The highest BCUT2D eigenvalue weighted by Crippen LogP contribution is 2.22. The molecule has 0 spiro atoms. The van der Waals surface area contributed by atoms with Crippen molar-refractivity contribution in [2.24, 2.45) is 0 Å². The van der Waals surface area contributed by atoms with Crippen molar-refractivity contribution in [1.29, 1.82) is 0 Å². The number of rotatable bonds is 6. The third kappa shape index (κ3) is 3.61. The number of pyridine rings is 1. The fraction of sp³-hybridized carbons (Fsp3) is 0.545. The maximum atomic E-state index is 5.92. The van der Waals surface area contributed by atoms with Crippen molar-refractivity contribution in [3.8, 4) is 0 Å². The number of likely N-dealkylation sites (N-methyl/N-ethyl adjacent to an activating group) is 1. The van der Waals surface area contributed by atoms with Crippen LogP contribution in [0.25, 0.3) is 0 Å². The summed E-state index contributed by atoms with van der Waals surface area (Å²) in [4.78, 5) is 6.57. The van der Waals surface area contributed by atoms with E-state index < -0.39 is 0 Å². The van der Waals surface area contributed by atoms with Crippen molar-refractivity contribution in [1.82, 2.24) is 4.98 Å². The van der Waals surface area contributed by atoms with E-state index in [1.807, 2.05) is 6.07 Å². The van der Waals surface area contributed by atoms with Crippen molar-refractivity contribution in [2.75, 3.05) is 31.7 Å². The molecule has 5 heteroatoms. The maximum absolute atomic E-state index is 5.92. The van der Waals surface area contributed by atoms with Crippen LogP contribution in [0.1, 0.15) is 12.5 Å². The van der Waals surface area contributed by atoms with Gasteiger partial charge in [0, 0.05) is 36.4 Å². The highest BCUT2D eigenvalue weighted by Gasteiger charge is 2.11. The van der Waals surface area contributed by atoms with Gasteiger partial charge in [0.15, 0.2) is 0 Å². The minimum atomic E-state index is 0.464. The number of ether oxygens (including phenoxy) is 1. The lowest BCUT2D eigenvalue weighted by atomic mass is 10.2. The molecule has 1 aromatic rings. The fourth-order valence-corrected chi connectivity index (χ4v) is 2.05. The quantitative estimate of drug-likeness (QED) is 0.755. The monoisotopic (exact) mass is 306 g/mol. The number of hydrogen-bond donors (Lipinski definition) is 0. The zero-order chi connectivity index (χ0) is 12.0. The van der Waals surface area contributed by atoms with Gasteiger partial charge in [0.2, 0.25) is 0 Å². The number of halogens is 2. The van der Waals surface area contributed by atoms with Crippen LogP contribution in [0.3, 0.4) is 0 Å². The predicted octanol–water partition coefficient (Wildman–Crippen LogP) is 3.06. The van der Waals surface area contributed by atoms with Crippen LogP contribution in [0.5, 0.6) is 0 Å². The first kappa shape index (κ1) is 13.7. The third-order valence-electron chi connectivity index (χ3n) is 2.30. The van der Waals surface area contributed by atoms with Crippen molar-refractivity contribution < 1.29 is 4.74 Å². The Balaban J connectivity index is 2.90. The summed E-state index contributed by atoms with van der Waals surface area (Å²) in [5, 5.41) is 0. The summed E-state index contributed by atoms with van der Waals surface area (Å²) in [6.45, 7) is 4.50. The molecule has 0 bridgehead atoms. The van der Waals surface area contributed by atoms with Gasteiger partial charge in [-0.15, -0.1) is 11.6 Å². The van der Waals surface area contributed by atoms with Gasteiger partial charge in [-0.2, -0.15) is 0 Å². The number of anilines is 1. The average molecular weight is 308 g/mol. The van der Waals surface area contributed by atoms with Crippen LogP contribution in [0.2, 0.25) is 0 Å². The van der Waals surface area contributed by atoms with Crippen LogP contribution in [0.15, 0.2) is 16.7 Å². The SMILES string of the molecule is CCN(CCOC)c1ncc(Br)cc1CCl. The molecule has 0 fully saturated rings. The zero-order valence-corrected chi connectivity index (χ0v) is 11.9. The van der Waals surface area contributed by atoms with E-state index in [0.717, 1.165) is 28.9 Å². The predicted molar refractivity (Wildman–Crippen MR) is 71.3 cm³/mol. The molecule has 3 nitrogen and oxygen atoms in total. The molecule has 0 N–H and O–H groups in total. The first-order chi connectivity index (χ1) is 7.72. The number of methoxy groups -OCH3 is 1. The lowest BCUT2D eigenvalue weighted by molar-refractivity contribution is 0.205. The molecule has 0 saturated heterocycles. The molecule has 90 valence electrons. The summed E-state index contributed by atoms with van der Waals surface area (Å²) in [5.74, 6) is 1.41. The summed E-state index contributed by atoms with van der Waals surface area (Å²) < 4.78 is 6.03. The zero-order valence-electron chi connectivity index (χ0n) is 9.54. The first-order valence-electron chi connectivity index (χ1n) is 5.17. The summed E-state index contributed by atoms with van der Waals surface area (Å²) in [5.41, 5.74) is 1.04. The normalized spacial score (nSPS) is 10.5. The Labute approximate surface area is 110 Å². The Bertz CT molecular complexity index is 336. The van der Waals surface area contributed by atoms with E-state index in [-0.39, 0.29) is 0 Å². The fourth-order valence-electron chi connectivity index (χ4n) is 1.47. The van der Waals surface area contributed by atoms with Crippen molar-refractivity contribution in [3.63, 3.8) is 0 Å². The van der Waals surface area contributed by atoms with Crippen LogP contribution >= 0.6 is 27.5 Å². The summed E-state index contributed by atoms with van der Waals surface area (Å²) in [6, 6.07) is 2.00. The minimum Gasteiger partial charge on any atom is -0.383 e. The van der Waals surface area contributed by atoms with Gasteiger partial charge in [0.25, 0.3) is 0 Å². The molecular formula is C11H16BrClN2O. The largest absolute Gasteiger partial charge is 0.383 e. The van der Waals surface area contributed by atoms with Gasteiger partial charge < -0.3 is 9.64 Å². The lowest BCUT2D eigenvalue weighted by Crippen LogP contribution is -2.28. The Morgan fingerprint density at radius 3 is 2.88 bits per heavy atom. The molecule has 0 aliphatic carbocycles. The number of nitrogens with zero attached hydrogens (tertiary/aromatic N) is 2. The number of alkyl halides is 1. The van der Waals surface area contributed by atoms with Gasteiger partial charge in [0.05, 0.1) is 12.5 Å². The van der Waals surface area contributed by atoms with Gasteiger partial charge in [0.1, 0.15) is 5.82 Å². The molecule has 16 heavy (non-hydrogen) atoms. The van der Waals surface area contributed by atoms with Crippen LogP contribution < -0.4 is 4.90 Å². The van der Waals surface area contributed by atoms with Gasteiger partial charge in [-0.05, 0) is 28.9 Å². The molecule has 0 unspecified atom stereocenters. The molecule has 0 amide bonds. The molecule has 1 heterocycles. The van der Waals surface area contributed by atoms with Gasteiger partial charge >= 0.3 is 0 Å². The molecule has 0 saturated carbocycles. The topological polar surface area (TPSA) is 25.4 Å². The van der Waals surface area contributed by atoms with Crippen LogP contribution in [-0.4, -0.2) is 31.8 Å². The van der Waals surface area contributed by atoms with Crippen LogP contribution in [0.4, 0.5) is 5.82 Å². The Morgan fingerprint density at radius 1 is 1.56 bits per heavy atom. The smallest absolute Gasteiger partial charge is 0.133 e. The standard InChI is InChI=1S/C11H16BrClN2O/c1-3-15(4-5-16-2)11-9(7-13)6-10(12)8-14-11/h6,8H,3-5,7H2,1-2H3. The molecule has 1 rings (SSSR count). The summed E-state index contributed by atoms with van der Waals surface area (Å²) >= 11 is 9.32. The van der Waals surface area contributed by atoms with Gasteiger partial charge in [-0.1, -0.05) is 0 Å². The molecule has 0 aliphatic heterocycles. The Morgan fingerprint density at radius 2 is 2.31 bits per heavy atom.